The van der Waals surface area contributed by atoms with E-state index in [-0.39, 0.29) is 5.91 Å². The van der Waals surface area contributed by atoms with Crippen molar-refractivity contribution in [1.29, 1.82) is 0 Å². The van der Waals surface area contributed by atoms with Gasteiger partial charge in [-0.25, -0.2) is 0 Å². The SMILES string of the molecule is O=C(NCC1CC=CCC1)c1cccs1. The van der Waals surface area contributed by atoms with Gasteiger partial charge in [0.25, 0.3) is 5.91 Å². The molecule has 3 heteroatoms. The summed E-state index contributed by atoms with van der Waals surface area (Å²) in [5, 5.41) is 4.92. The van der Waals surface area contributed by atoms with Crippen LogP contribution in [0, 0.1) is 5.92 Å². The number of carbonyl (C=O) groups is 1. The Hall–Kier alpha value is -1.09. The Labute approximate surface area is 94.0 Å². The van der Waals surface area contributed by atoms with Crippen molar-refractivity contribution in [3.63, 3.8) is 0 Å². The third-order valence-corrected chi connectivity index (χ3v) is 3.54. The molecule has 1 aromatic heterocycles. The van der Waals surface area contributed by atoms with Crippen LogP contribution in [0.15, 0.2) is 29.7 Å². The summed E-state index contributed by atoms with van der Waals surface area (Å²) in [5.41, 5.74) is 0. The van der Waals surface area contributed by atoms with Crippen LogP contribution in [-0.4, -0.2) is 12.5 Å². The van der Waals surface area contributed by atoms with Gasteiger partial charge in [0.05, 0.1) is 4.88 Å². The van der Waals surface area contributed by atoms with Crippen LogP contribution < -0.4 is 5.32 Å². The van der Waals surface area contributed by atoms with Gasteiger partial charge in [-0.3, -0.25) is 4.79 Å². The summed E-state index contributed by atoms with van der Waals surface area (Å²) in [4.78, 5) is 12.4. The van der Waals surface area contributed by atoms with E-state index in [0.717, 1.165) is 24.3 Å². The van der Waals surface area contributed by atoms with Crippen LogP contribution in [0.3, 0.4) is 0 Å². The van der Waals surface area contributed by atoms with Gasteiger partial charge < -0.3 is 5.32 Å². The number of rotatable bonds is 3. The highest BCUT2D eigenvalue weighted by Gasteiger charge is 2.12. The minimum Gasteiger partial charge on any atom is -0.351 e. The van der Waals surface area contributed by atoms with Crippen molar-refractivity contribution in [3.05, 3.63) is 34.5 Å². The molecule has 1 unspecified atom stereocenters. The molecule has 1 amide bonds. The van der Waals surface area contributed by atoms with Crippen molar-refractivity contribution >= 4 is 17.2 Å². The number of hydrogen-bond acceptors (Lipinski definition) is 2. The summed E-state index contributed by atoms with van der Waals surface area (Å²) in [5.74, 6) is 0.693. The van der Waals surface area contributed by atoms with Crippen LogP contribution >= 0.6 is 11.3 Å². The van der Waals surface area contributed by atoms with E-state index >= 15 is 0 Å². The Balaban J connectivity index is 1.78. The van der Waals surface area contributed by atoms with Gasteiger partial charge in [-0.15, -0.1) is 11.3 Å². The summed E-state index contributed by atoms with van der Waals surface area (Å²) in [6, 6.07) is 3.77. The number of hydrogen-bond donors (Lipinski definition) is 1. The van der Waals surface area contributed by atoms with Gasteiger partial charge in [-0.2, -0.15) is 0 Å². The van der Waals surface area contributed by atoms with E-state index in [9.17, 15) is 4.79 Å². The fourth-order valence-electron chi connectivity index (χ4n) is 1.77. The van der Waals surface area contributed by atoms with Gasteiger partial charge in [0.2, 0.25) is 0 Å². The van der Waals surface area contributed by atoms with Crippen LogP contribution in [0.25, 0.3) is 0 Å². The zero-order valence-electron chi connectivity index (χ0n) is 8.61. The van der Waals surface area contributed by atoms with Crippen LogP contribution in [0.4, 0.5) is 0 Å². The topological polar surface area (TPSA) is 29.1 Å². The average molecular weight is 221 g/mol. The maximum absolute atomic E-state index is 11.6. The molecule has 0 saturated carbocycles. The lowest BCUT2D eigenvalue weighted by atomic mass is 9.94. The second-order valence-electron chi connectivity index (χ2n) is 3.84. The van der Waals surface area contributed by atoms with E-state index in [1.54, 1.807) is 0 Å². The second kappa shape index (κ2) is 5.12. The van der Waals surface area contributed by atoms with Crippen LogP contribution in [-0.2, 0) is 0 Å². The summed E-state index contributed by atoms with van der Waals surface area (Å²) in [6.45, 7) is 0.807. The molecule has 0 radical (unpaired) electrons. The van der Waals surface area contributed by atoms with E-state index in [1.165, 1.54) is 17.8 Å². The molecule has 1 aliphatic carbocycles. The maximum atomic E-state index is 11.6. The Morgan fingerprint density at radius 3 is 3.13 bits per heavy atom. The standard InChI is InChI=1S/C12H15NOS/c14-12(11-7-4-8-15-11)13-9-10-5-2-1-3-6-10/h1-2,4,7-8,10H,3,5-6,9H2,(H,13,14). The molecule has 1 aromatic rings. The van der Waals surface area contributed by atoms with Crippen molar-refractivity contribution in [2.75, 3.05) is 6.54 Å². The van der Waals surface area contributed by atoms with Gasteiger partial charge in [0.1, 0.15) is 0 Å². The first-order chi connectivity index (χ1) is 7.36. The lowest BCUT2D eigenvalue weighted by molar-refractivity contribution is 0.0950. The smallest absolute Gasteiger partial charge is 0.261 e. The maximum Gasteiger partial charge on any atom is 0.261 e. The average Bonchev–Trinajstić information content (AvgIpc) is 2.81. The van der Waals surface area contributed by atoms with Crippen LogP contribution in [0.5, 0.6) is 0 Å². The highest BCUT2D eigenvalue weighted by molar-refractivity contribution is 7.12. The van der Waals surface area contributed by atoms with E-state index in [1.807, 2.05) is 17.5 Å². The number of nitrogens with one attached hydrogen (secondary N) is 1. The second-order valence-corrected chi connectivity index (χ2v) is 4.79. The Morgan fingerprint density at radius 1 is 1.53 bits per heavy atom. The van der Waals surface area contributed by atoms with E-state index in [4.69, 9.17) is 0 Å². The molecule has 1 atom stereocenters. The molecule has 0 aliphatic heterocycles. The predicted octanol–water partition coefficient (Wildman–Crippen LogP) is 2.83. The van der Waals surface area contributed by atoms with Crippen LogP contribution in [0.1, 0.15) is 28.9 Å². The number of carbonyl (C=O) groups excluding carboxylic acids is 1. The van der Waals surface area contributed by atoms with Gasteiger partial charge in [0, 0.05) is 6.54 Å². The number of thiophene rings is 1. The molecular formula is C12H15NOS. The Bertz CT molecular complexity index is 343. The molecule has 80 valence electrons. The van der Waals surface area contributed by atoms with Gasteiger partial charge >= 0.3 is 0 Å². The highest BCUT2D eigenvalue weighted by atomic mass is 32.1. The predicted molar refractivity (Wildman–Crippen MR) is 63.1 cm³/mol. The highest BCUT2D eigenvalue weighted by Crippen LogP contribution is 2.17. The minimum atomic E-state index is 0.0690. The molecule has 1 aliphatic rings. The molecule has 0 aromatic carbocycles. The molecule has 0 bridgehead atoms. The van der Waals surface area contributed by atoms with Crippen molar-refractivity contribution in [3.8, 4) is 0 Å². The quantitative estimate of drug-likeness (QED) is 0.781. The summed E-state index contributed by atoms with van der Waals surface area (Å²) < 4.78 is 0. The normalized spacial score (nSPS) is 20.1. The van der Waals surface area contributed by atoms with Crippen molar-refractivity contribution < 1.29 is 4.79 Å². The zero-order valence-corrected chi connectivity index (χ0v) is 9.43. The number of amides is 1. The monoisotopic (exact) mass is 221 g/mol. The zero-order chi connectivity index (χ0) is 10.5. The van der Waals surface area contributed by atoms with Crippen molar-refractivity contribution in [2.24, 2.45) is 5.92 Å². The molecule has 0 saturated heterocycles. The first-order valence-electron chi connectivity index (χ1n) is 5.33. The lowest BCUT2D eigenvalue weighted by Crippen LogP contribution is -2.29. The third kappa shape index (κ3) is 2.93. The molecular weight excluding hydrogens is 206 g/mol. The van der Waals surface area contributed by atoms with Crippen LogP contribution in [0.2, 0.25) is 0 Å². The Morgan fingerprint density at radius 2 is 2.47 bits per heavy atom. The molecule has 2 rings (SSSR count). The van der Waals surface area contributed by atoms with Gasteiger partial charge in [-0.1, -0.05) is 18.2 Å². The fourth-order valence-corrected chi connectivity index (χ4v) is 2.41. The molecule has 0 spiro atoms. The van der Waals surface area contributed by atoms with Crippen molar-refractivity contribution in [1.82, 2.24) is 5.32 Å². The fraction of sp³-hybridized carbons (Fsp3) is 0.417. The molecule has 1 heterocycles. The number of allylic oxidation sites excluding steroid dienone is 2. The summed E-state index contributed by atoms with van der Waals surface area (Å²) in [6.07, 6.45) is 7.88. The largest absolute Gasteiger partial charge is 0.351 e. The lowest BCUT2D eigenvalue weighted by Gasteiger charge is -2.17. The van der Waals surface area contributed by atoms with Gasteiger partial charge in [0.15, 0.2) is 0 Å². The third-order valence-electron chi connectivity index (χ3n) is 2.67. The first-order valence-corrected chi connectivity index (χ1v) is 6.21. The summed E-state index contributed by atoms with van der Waals surface area (Å²) >= 11 is 1.49. The van der Waals surface area contributed by atoms with E-state index in [0.29, 0.717) is 5.92 Å². The molecule has 2 nitrogen and oxygen atoms in total. The molecule has 0 fully saturated rings. The minimum absolute atomic E-state index is 0.0690. The first kappa shape index (κ1) is 10.4. The molecule has 15 heavy (non-hydrogen) atoms. The Kier molecular flexibility index (Phi) is 3.56. The van der Waals surface area contributed by atoms with Gasteiger partial charge in [-0.05, 0) is 36.6 Å². The van der Waals surface area contributed by atoms with Crippen molar-refractivity contribution in [2.45, 2.75) is 19.3 Å². The van der Waals surface area contributed by atoms with E-state index < -0.39 is 0 Å². The summed E-state index contributed by atoms with van der Waals surface area (Å²) in [7, 11) is 0. The van der Waals surface area contributed by atoms with E-state index in [2.05, 4.69) is 17.5 Å². The molecule has 1 N–H and O–H groups in total.